The van der Waals surface area contributed by atoms with Crippen LogP contribution in [0.3, 0.4) is 0 Å². The van der Waals surface area contributed by atoms with Gasteiger partial charge in [-0.05, 0) is 25.5 Å². The van der Waals surface area contributed by atoms with E-state index in [9.17, 15) is 9.59 Å². The van der Waals surface area contributed by atoms with Gasteiger partial charge in [-0.25, -0.2) is 0 Å². The van der Waals surface area contributed by atoms with E-state index >= 15 is 0 Å². The number of rotatable bonds is 5. The van der Waals surface area contributed by atoms with Gasteiger partial charge in [-0.3, -0.25) is 9.59 Å². The van der Waals surface area contributed by atoms with E-state index in [1.54, 1.807) is 11.8 Å². The van der Waals surface area contributed by atoms with Gasteiger partial charge in [0.15, 0.2) is 0 Å². The first-order chi connectivity index (χ1) is 7.63. The van der Waals surface area contributed by atoms with Crippen molar-refractivity contribution in [2.24, 2.45) is 17.3 Å². The second-order valence-electron chi connectivity index (χ2n) is 5.80. The lowest BCUT2D eigenvalue weighted by Crippen LogP contribution is -2.37. The minimum atomic E-state index is -0.876. The van der Waals surface area contributed by atoms with Crippen molar-refractivity contribution in [3.8, 4) is 0 Å². The Morgan fingerprint density at radius 3 is 2.24 bits per heavy atom. The molecular formula is C12H21NO3S. The van der Waals surface area contributed by atoms with Crippen LogP contribution in [0, 0.1) is 17.3 Å². The summed E-state index contributed by atoms with van der Waals surface area (Å²) in [5, 5.41) is 11.9. The molecule has 1 saturated carbocycles. The lowest BCUT2D eigenvalue weighted by molar-refractivity contribution is -0.140. The Balaban J connectivity index is 2.54. The fourth-order valence-electron chi connectivity index (χ4n) is 2.07. The molecular weight excluding hydrogens is 238 g/mol. The van der Waals surface area contributed by atoms with Crippen molar-refractivity contribution in [2.45, 2.75) is 32.4 Å². The predicted molar refractivity (Wildman–Crippen MR) is 69.0 cm³/mol. The maximum atomic E-state index is 11.9. The van der Waals surface area contributed by atoms with E-state index in [1.165, 1.54) is 0 Å². The molecule has 2 atom stereocenters. The topological polar surface area (TPSA) is 66.4 Å². The Morgan fingerprint density at radius 1 is 1.35 bits per heavy atom. The third-order valence-electron chi connectivity index (χ3n) is 3.62. The van der Waals surface area contributed by atoms with E-state index in [-0.39, 0.29) is 10.7 Å². The number of nitrogens with one attached hydrogen (secondary N) is 1. The summed E-state index contributed by atoms with van der Waals surface area (Å²) >= 11 is 1.68. The van der Waals surface area contributed by atoms with Crippen molar-refractivity contribution < 1.29 is 14.7 Å². The third-order valence-corrected chi connectivity index (χ3v) is 4.87. The Bertz CT molecular complexity index is 339. The molecule has 17 heavy (non-hydrogen) atoms. The van der Waals surface area contributed by atoms with Crippen LogP contribution in [0.2, 0.25) is 0 Å². The molecule has 0 radical (unpaired) electrons. The van der Waals surface area contributed by atoms with Gasteiger partial charge in [0.1, 0.15) is 0 Å². The lowest BCUT2D eigenvalue weighted by Gasteiger charge is -2.22. The Kier molecular flexibility index (Phi) is 3.81. The normalized spacial score (nSPS) is 26.4. The van der Waals surface area contributed by atoms with Crippen LogP contribution >= 0.6 is 11.8 Å². The maximum Gasteiger partial charge on any atom is 0.307 e. The number of carbonyl (C=O) groups excluding carboxylic acids is 1. The fraction of sp³-hybridized carbons (Fsp3) is 0.833. The maximum absolute atomic E-state index is 11.9. The molecule has 1 aliphatic carbocycles. The van der Waals surface area contributed by atoms with Gasteiger partial charge in [-0.1, -0.05) is 13.8 Å². The summed E-state index contributed by atoms with van der Waals surface area (Å²) in [6, 6.07) is 0. The molecule has 2 N–H and O–H groups in total. The SMILES string of the molecule is CSC(C)(C)CNC(=O)C1C(C(=O)O)C1(C)C. The molecule has 1 aliphatic rings. The number of hydrogen-bond acceptors (Lipinski definition) is 3. The van der Waals surface area contributed by atoms with Crippen LogP contribution in [0.4, 0.5) is 0 Å². The summed E-state index contributed by atoms with van der Waals surface area (Å²) < 4.78 is -0.0204. The minimum absolute atomic E-state index is 0.0204. The molecule has 0 aliphatic heterocycles. The van der Waals surface area contributed by atoms with E-state index < -0.39 is 23.2 Å². The summed E-state index contributed by atoms with van der Waals surface area (Å²) in [5.74, 6) is -1.94. The van der Waals surface area contributed by atoms with Crippen molar-refractivity contribution in [1.82, 2.24) is 5.32 Å². The van der Waals surface area contributed by atoms with Crippen LogP contribution in [0.25, 0.3) is 0 Å². The standard InChI is InChI=1S/C12H21NO3S/c1-11(2,17-5)6-13-9(14)7-8(10(15)16)12(7,3)4/h7-8H,6H2,1-5H3,(H,13,14)(H,15,16). The highest BCUT2D eigenvalue weighted by Crippen LogP contribution is 2.58. The average molecular weight is 259 g/mol. The van der Waals surface area contributed by atoms with Crippen molar-refractivity contribution in [1.29, 1.82) is 0 Å². The van der Waals surface area contributed by atoms with Gasteiger partial charge in [-0.2, -0.15) is 11.8 Å². The van der Waals surface area contributed by atoms with E-state index in [1.807, 2.05) is 34.0 Å². The molecule has 4 nitrogen and oxygen atoms in total. The van der Waals surface area contributed by atoms with Crippen LogP contribution in [0.1, 0.15) is 27.7 Å². The Labute approximate surface area is 107 Å². The number of carbonyl (C=O) groups is 2. The zero-order chi connectivity index (χ0) is 13.4. The van der Waals surface area contributed by atoms with Gasteiger partial charge in [0.2, 0.25) is 5.91 Å². The summed E-state index contributed by atoms with van der Waals surface area (Å²) in [6.07, 6.45) is 1.99. The molecule has 0 saturated heterocycles. The molecule has 98 valence electrons. The van der Waals surface area contributed by atoms with Crippen molar-refractivity contribution >= 4 is 23.6 Å². The van der Waals surface area contributed by atoms with Gasteiger partial charge in [0, 0.05) is 11.3 Å². The second-order valence-corrected chi connectivity index (χ2v) is 7.31. The highest BCUT2D eigenvalue weighted by molar-refractivity contribution is 7.99. The molecule has 5 heteroatoms. The Morgan fingerprint density at radius 2 is 1.88 bits per heavy atom. The van der Waals surface area contributed by atoms with Crippen molar-refractivity contribution in [2.75, 3.05) is 12.8 Å². The molecule has 0 heterocycles. The van der Waals surface area contributed by atoms with Crippen LogP contribution in [-0.4, -0.2) is 34.5 Å². The zero-order valence-electron chi connectivity index (χ0n) is 11.0. The van der Waals surface area contributed by atoms with Gasteiger partial charge in [-0.15, -0.1) is 0 Å². The zero-order valence-corrected chi connectivity index (χ0v) is 11.9. The monoisotopic (exact) mass is 259 g/mol. The summed E-state index contributed by atoms with van der Waals surface area (Å²) in [7, 11) is 0. The van der Waals surface area contributed by atoms with Gasteiger partial charge >= 0.3 is 5.97 Å². The highest BCUT2D eigenvalue weighted by atomic mass is 32.2. The number of hydrogen-bond donors (Lipinski definition) is 2. The molecule has 0 spiro atoms. The van der Waals surface area contributed by atoms with Gasteiger partial charge < -0.3 is 10.4 Å². The van der Waals surface area contributed by atoms with E-state index in [0.29, 0.717) is 6.54 Å². The van der Waals surface area contributed by atoms with Crippen LogP contribution in [-0.2, 0) is 9.59 Å². The molecule has 0 aromatic carbocycles. The first-order valence-electron chi connectivity index (χ1n) is 5.69. The molecule has 1 rings (SSSR count). The summed E-state index contributed by atoms with van der Waals surface area (Å²) in [6.45, 7) is 8.31. The summed E-state index contributed by atoms with van der Waals surface area (Å²) in [5.41, 5.74) is -0.417. The van der Waals surface area contributed by atoms with Crippen LogP contribution < -0.4 is 5.32 Å². The second kappa shape index (κ2) is 4.52. The van der Waals surface area contributed by atoms with Gasteiger partial charge in [0.05, 0.1) is 11.8 Å². The lowest BCUT2D eigenvalue weighted by atomic mass is 10.1. The fourth-order valence-corrected chi connectivity index (χ4v) is 2.29. The largest absolute Gasteiger partial charge is 0.481 e. The number of carboxylic acids is 1. The van der Waals surface area contributed by atoms with E-state index in [0.717, 1.165) is 0 Å². The Hall–Kier alpha value is -0.710. The number of amides is 1. The van der Waals surface area contributed by atoms with E-state index in [4.69, 9.17) is 5.11 Å². The predicted octanol–water partition coefficient (Wildman–Crippen LogP) is 1.60. The first-order valence-corrected chi connectivity index (χ1v) is 6.91. The molecule has 1 fully saturated rings. The molecule has 0 aromatic rings. The van der Waals surface area contributed by atoms with Crippen LogP contribution in [0.5, 0.6) is 0 Å². The molecule has 1 amide bonds. The molecule has 0 bridgehead atoms. The first kappa shape index (κ1) is 14.4. The minimum Gasteiger partial charge on any atom is -0.481 e. The number of thioether (sulfide) groups is 1. The summed E-state index contributed by atoms with van der Waals surface area (Å²) in [4.78, 5) is 22.9. The van der Waals surface area contributed by atoms with Gasteiger partial charge in [0.25, 0.3) is 0 Å². The van der Waals surface area contributed by atoms with Crippen molar-refractivity contribution in [3.05, 3.63) is 0 Å². The number of aliphatic carboxylic acids is 1. The van der Waals surface area contributed by atoms with E-state index in [2.05, 4.69) is 5.32 Å². The van der Waals surface area contributed by atoms with Crippen molar-refractivity contribution in [3.63, 3.8) is 0 Å². The number of carboxylic acid groups (broad SMARTS) is 1. The highest BCUT2D eigenvalue weighted by Gasteiger charge is 2.65. The quantitative estimate of drug-likeness (QED) is 0.787. The van der Waals surface area contributed by atoms with Crippen LogP contribution in [0.15, 0.2) is 0 Å². The smallest absolute Gasteiger partial charge is 0.307 e. The molecule has 2 unspecified atom stereocenters. The third kappa shape index (κ3) is 2.94. The average Bonchev–Trinajstić information content (AvgIpc) is 2.78. The molecule has 0 aromatic heterocycles.